The van der Waals surface area contributed by atoms with E-state index in [1.54, 1.807) is 38.5 Å². The lowest BCUT2D eigenvalue weighted by Gasteiger charge is -2.12. The molecule has 0 aromatic heterocycles. The van der Waals surface area contributed by atoms with Crippen molar-refractivity contribution in [3.05, 3.63) is 75.4 Å². The molecule has 5 nitrogen and oxygen atoms in total. The number of hydrogen-bond acceptors (Lipinski definition) is 4. The molecule has 0 bridgehead atoms. The Bertz CT molecular complexity index is 986. The number of methoxy groups -OCH3 is 2. The molecular formula is C22H20INO4. The number of benzene rings is 3. The van der Waals surface area contributed by atoms with Crippen LogP contribution in [-0.2, 0) is 0 Å². The predicted octanol–water partition coefficient (Wildman–Crippen LogP) is 5.66. The number of halogens is 1. The molecule has 1 N–H and O–H groups in total. The lowest BCUT2D eigenvalue weighted by atomic mass is 10.2. The lowest BCUT2D eigenvalue weighted by molar-refractivity contribution is 0.102. The molecule has 1 amide bonds. The number of anilines is 1. The van der Waals surface area contributed by atoms with Crippen molar-refractivity contribution in [3.63, 3.8) is 0 Å². The maximum atomic E-state index is 12.6. The number of aryl methyl sites for hydroxylation is 1. The molecule has 0 aliphatic carbocycles. The second-order valence-electron chi connectivity index (χ2n) is 6.09. The standard InChI is InChI=1S/C22H20INO4/c1-14-5-4-6-18(11-14)28-17-9-7-16(8-10-17)24-22(25)15-12-19(23)21(27-3)20(13-15)26-2/h4-13H,1-3H3,(H,24,25). The minimum atomic E-state index is -0.230. The van der Waals surface area contributed by atoms with E-state index in [1.807, 2.05) is 43.3 Å². The van der Waals surface area contributed by atoms with Crippen LogP contribution in [0.1, 0.15) is 15.9 Å². The summed E-state index contributed by atoms with van der Waals surface area (Å²) in [6, 6.07) is 18.5. The SMILES string of the molecule is COc1cc(C(=O)Nc2ccc(Oc3cccc(C)c3)cc2)cc(I)c1OC. The first-order valence-corrected chi connectivity index (χ1v) is 9.65. The van der Waals surface area contributed by atoms with Gasteiger partial charge in [0.2, 0.25) is 0 Å². The topological polar surface area (TPSA) is 56.8 Å². The average Bonchev–Trinajstić information content (AvgIpc) is 2.68. The summed E-state index contributed by atoms with van der Waals surface area (Å²) < 4.78 is 17.3. The lowest BCUT2D eigenvalue weighted by Crippen LogP contribution is -2.12. The first-order chi connectivity index (χ1) is 13.5. The summed E-state index contributed by atoms with van der Waals surface area (Å²) >= 11 is 2.11. The molecule has 0 fully saturated rings. The fourth-order valence-corrected chi connectivity index (χ4v) is 3.50. The Kier molecular flexibility index (Phi) is 6.41. The Morgan fingerprint density at radius 2 is 1.68 bits per heavy atom. The zero-order chi connectivity index (χ0) is 20.1. The van der Waals surface area contributed by atoms with Gasteiger partial charge in [-0.2, -0.15) is 0 Å². The highest BCUT2D eigenvalue weighted by molar-refractivity contribution is 14.1. The third kappa shape index (κ3) is 4.75. The monoisotopic (exact) mass is 489 g/mol. The number of carbonyl (C=O) groups is 1. The molecule has 0 radical (unpaired) electrons. The quantitative estimate of drug-likeness (QED) is 0.454. The van der Waals surface area contributed by atoms with Crippen molar-refractivity contribution in [2.75, 3.05) is 19.5 Å². The Hall–Kier alpha value is -2.74. The van der Waals surface area contributed by atoms with Gasteiger partial charge in [-0.15, -0.1) is 0 Å². The van der Waals surface area contributed by atoms with Crippen molar-refractivity contribution >= 4 is 34.2 Å². The zero-order valence-electron chi connectivity index (χ0n) is 15.8. The molecule has 0 unspecified atom stereocenters. The maximum absolute atomic E-state index is 12.6. The number of hydrogen-bond donors (Lipinski definition) is 1. The van der Waals surface area contributed by atoms with Crippen molar-refractivity contribution in [1.29, 1.82) is 0 Å². The van der Waals surface area contributed by atoms with Crippen LogP contribution in [0.15, 0.2) is 60.7 Å². The second-order valence-corrected chi connectivity index (χ2v) is 7.25. The molecule has 6 heteroatoms. The highest BCUT2D eigenvalue weighted by Gasteiger charge is 2.15. The molecule has 3 aromatic carbocycles. The van der Waals surface area contributed by atoms with E-state index in [9.17, 15) is 4.79 Å². The molecule has 3 rings (SSSR count). The van der Waals surface area contributed by atoms with Gasteiger partial charge in [0, 0.05) is 11.3 Å². The summed E-state index contributed by atoms with van der Waals surface area (Å²) in [5.41, 5.74) is 2.29. The smallest absolute Gasteiger partial charge is 0.255 e. The summed E-state index contributed by atoms with van der Waals surface area (Å²) in [7, 11) is 3.11. The minimum absolute atomic E-state index is 0.230. The van der Waals surface area contributed by atoms with Crippen LogP contribution in [0.2, 0.25) is 0 Å². The van der Waals surface area contributed by atoms with Crippen molar-refractivity contribution < 1.29 is 19.0 Å². The van der Waals surface area contributed by atoms with Crippen LogP contribution in [-0.4, -0.2) is 20.1 Å². The third-order valence-electron chi connectivity index (χ3n) is 4.03. The van der Waals surface area contributed by atoms with Gasteiger partial charge >= 0.3 is 0 Å². The molecule has 0 atom stereocenters. The maximum Gasteiger partial charge on any atom is 0.255 e. The molecule has 3 aromatic rings. The van der Waals surface area contributed by atoms with Crippen molar-refractivity contribution in [2.24, 2.45) is 0 Å². The van der Waals surface area contributed by atoms with Gasteiger partial charge in [-0.05, 0) is 83.6 Å². The second kappa shape index (κ2) is 8.97. The summed E-state index contributed by atoms with van der Waals surface area (Å²) in [5.74, 6) is 2.37. The van der Waals surface area contributed by atoms with Gasteiger partial charge in [-0.1, -0.05) is 12.1 Å². The highest BCUT2D eigenvalue weighted by Crippen LogP contribution is 2.33. The number of amides is 1. The molecular weight excluding hydrogens is 469 g/mol. The fraction of sp³-hybridized carbons (Fsp3) is 0.136. The normalized spacial score (nSPS) is 10.3. The van der Waals surface area contributed by atoms with Gasteiger partial charge in [0.25, 0.3) is 5.91 Å². The van der Waals surface area contributed by atoms with Gasteiger partial charge in [-0.25, -0.2) is 0 Å². The summed E-state index contributed by atoms with van der Waals surface area (Å²) in [5, 5.41) is 2.88. The van der Waals surface area contributed by atoms with E-state index in [2.05, 4.69) is 27.9 Å². The fourth-order valence-electron chi connectivity index (χ4n) is 2.67. The number of rotatable bonds is 6. The number of carbonyl (C=O) groups excluding carboxylic acids is 1. The Balaban J connectivity index is 1.72. The van der Waals surface area contributed by atoms with Crippen molar-refractivity contribution in [1.82, 2.24) is 0 Å². The number of nitrogens with one attached hydrogen (secondary N) is 1. The van der Waals surface area contributed by atoms with Gasteiger partial charge < -0.3 is 19.5 Å². The van der Waals surface area contributed by atoms with Crippen LogP contribution in [0.25, 0.3) is 0 Å². The van der Waals surface area contributed by atoms with Gasteiger partial charge in [0.15, 0.2) is 11.5 Å². The molecule has 0 saturated heterocycles. The van der Waals surface area contributed by atoms with Crippen LogP contribution < -0.4 is 19.5 Å². The Morgan fingerprint density at radius 3 is 2.32 bits per heavy atom. The van der Waals surface area contributed by atoms with E-state index >= 15 is 0 Å². The van der Waals surface area contributed by atoms with Crippen LogP contribution >= 0.6 is 22.6 Å². The summed E-state index contributed by atoms with van der Waals surface area (Å²) in [6.45, 7) is 2.01. The summed E-state index contributed by atoms with van der Waals surface area (Å²) in [6.07, 6.45) is 0. The first-order valence-electron chi connectivity index (χ1n) is 8.57. The zero-order valence-corrected chi connectivity index (χ0v) is 17.9. The molecule has 0 aliphatic rings. The Morgan fingerprint density at radius 1 is 0.929 bits per heavy atom. The van der Waals surface area contributed by atoms with Crippen molar-refractivity contribution in [2.45, 2.75) is 6.92 Å². The Labute approximate surface area is 177 Å². The van der Waals surface area contributed by atoms with E-state index in [4.69, 9.17) is 14.2 Å². The number of ether oxygens (including phenoxy) is 3. The molecule has 0 aliphatic heterocycles. The molecule has 144 valence electrons. The van der Waals surface area contributed by atoms with Crippen LogP contribution in [0.5, 0.6) is 23.0 Å². The highest BCUT2D eigenvalue weighted by atomic mass is 127. The van der Waals surface area contributed by atoms with Crippen LogP contribution in [0, 0.1) is 10.5 Å². The third-order valence-corrected chi connectivity index (χ3v) is 4.83. The minimum Gasteiger partial charge on any atom is -0.493 e. The van der Waals surface area contributed by atoms with Crippen molar-refractivity contribution in [3.8, 4) is 23.0 Å². The molecule has 0 heterocycles. The van der Waals surface area contributed by atoms with E-state index in [1.165, 1.54) is 0 Å². The van der Waals surface area contributed by atoms with Crippen LogP contribution in [0.3, 0.4) is 0 Å². The van der Waals surface area contributed by atoms with Crippen LogP contribution in [0.4, 0.5) is 5.69 Å². The van der Waals surface area contributed by atoms with E-state index in [0.29, 0.717) is 28.5 Å². The largest absolute Gasteiger partial charge is 0.493 e. The molecule has 0 saturated carbocycles. The van der Waals surface area contributed by atoms with Gasteiger partial charge in [-0.3, -0.25) is 4.79 Å². The first kappa shape index (κ1) is 20.0. The molecule has 0 spiro atoms. The van der Waals surface area contributed by atoms with Gasteiger partial charge in [0.1, 0.15) is 11.5 Å². The molecule has 28 heavy (non-hydrogen) atoms. The van der Waals surface area contributed by atoms with Gasteiger partial charge in [0.05, 0.1) is 17.8 Å². The van der Waals surface area contributed by atoms with E-state index < -0.39 is 0 Å². The van der Waals surface area contributed by atoms with E-state index in [-0.39, 0.29) is 5.91 Å². The predicted molar refractivity (Wildman–Crippen MR) is 118 cm³/mol. The average molecular weight is 489 g/mol. The summed E-state index contributed by atoms with van der Waals surface area (Å²) in [4.78, 5) is 12.6. The van der Waals surface area contributed by atoms with E-state index in [0.717, 1.165) is 14.9 Å².